The Morgan fingerprint density at radius 3 is 2.75 bits per heavy atom. The van der Waals surface area contributed by atoms with E-state index in [-0.39, 0.29) is 16.0 Å². The second-order valence-electron chi connectivity index (χ2n) is 3.98. The van der Waals surface area contributed by atoms with E-state index >= 15 is 0 Å². The van der Waals surface area contributed by atoms with E-state index in [1.165, 1.54) is 0 Å². The molecule has 88 valence electrons. The third-order valence-corrected chi connectivity index (χ3v) is 2.85. The van der Waals surface area contributed by atoms with Gasteiger partial charge in [0.2, 0.25) is 0 Å². The Kier molecular flexibility index (Phi) is 4.74. The molecule has 0 bridgehead atoms. The van der Waals surface area contributed by atoms with Crippen molar-refractivity contribution in [3.05, 3.63) is 39.4 Å². The Morgan fingerprint density at radius 1 is 1.50 bits per heavy atom. The third kappa shape index (κ3) is 3.49. The van der Waals surface area contributed by atoms with Gasteiger partial charge < -0.3 is 0 Å². The summed E-state index contributed by atoms with van der Waals surface area (Å²) in [5.74, 6) is 0. The largest absolute Gasteiger partial charge is 0.272 e. The molecule has 1 aromatic rings. The molecule has 0 aliphatic rings. The molecule has 0 saturated carbocycles. The molecule has 0 saturated heterocycles. The number of nitro groups is 1. The zero-order chi connectivity index (χ0) is 12.1. The summed E-state index contributed by atoms with van der Waals surface area (Å²) in [5, 5.41) is 10.9. The van der Waals surface area contributed by atoms with Crippen molar-refractivity contribution in [2.45, 2.75) is 38.5 Å². The molecule has 1 rings (SSSR count). The molecular formula is C12H16ClNO2. The second-order valence-corrected chi connectivity index (χ2v) is 4.60. The summed E-state index contributed by atoms with van der Waals surface area (Å²) in [5.41, 5.74) is 1.81. The average molecular weight is 242 g/mol. The van der Waals surface area contributed by atoms with Crippen molar-refractivity contribution in [2.75, 3.05) is 0 Å². The molecule has 0 N–H and O–H groups in total. The molecule has 1 atom stereocenters. The highest BCUT2D eigenvalue weighted by Gasteiger charge is 2.16. The van der Waals surface area contributed by atoms with Crippen LogP contribution in [0.15, 0.2) is 18.2 Å². The van der Waals surface area contributed by atoms with Gasteiger partial charge in [0.1, 0.15) is 0 Å². The molecule has 0 aliphatic heterocycles. The summed E-state index contributed by atoms with van der Waals surface area (Å²) in [4.78, 5) is 10.5. The Bertz CT molecular complexity index is 379. The second kappa shape index (κ2) is 5.85. The van der Waals surface area contributed by atoms with Gasteiger partial charge in [-0.3, -0.25) is 10.1 Å². The minimum atomic E-state index is -0.335. The molecule has 1 unspecified atom stereocenters. The van der Waals surface area contributed by atoms with Crippen LogP contribution in [0.3, 0.4) is 0 Å². The summed E-state index contributed by atoms with van der Waals surface area (Å²) in [6, 6.07) is 5.29. The van der Waals surface area contributed by atoms with Crippen molar-refractivity contribution in [2.24, 2.45) is 0 Å². The van der Waals surface area contributed by atoms with E-state index in [1.807, 2.05) is 13.0 Å². The minimum absolute atomic E-state index is 0.0218. The average Bonchev–Trinajstić information content (AvgIpc) is 2.20. The maximum Gasteiger partial charge on any atom is 0.272 e. The Labute approximate surface area is 101 Å². The maximum atomic E-state index is 10.9. The fraction of sp³-hybridized carbons (Fsp3) is 0.500. The van der Waals surface area contributed by atoms with Crippen molar-refractivity contribution in [3.63, 3.8) is 0 Å². The van der Waals surface area contributed by atoms with Gasteiger partial charge in [-0.1, -0.05) is 25.5 Å². The van der Waals surface area contributed by atoms with Crippen LogP contribution in [0, 0.1) is 17.0 Å². The van der Waals surface area contributed by atoms with Crippen molar-refractivity contribution < 1.29 is 4.92 Å². The smallest absolute Gasteiger partial charge is 0.258 e. The van der Waals surface area contributed by atoms with Gasteiger partial charge in [-0.25, -0.2) is 0 Å². The highest BCUT2D eigenvalue weighted by Crippen LogP contribution is 2.24. The van der Waals surface area contributed by atoms with Crippen molar-refractivity contribution in [3.8, 4) is 0 Å². The molecule has 0 radical (unpaired) electrons. The van der Waals surface area contributed by atoms with Gasteiger partial charge in [-0.15, -0.1) is 11.6 Å². The number of nitrogens with zero attached hydrogens (tertiary/aromatic N) is 1. The Hall–Kier alpha value is -1.09. The SMILES string of the molecule is CCCC(Cl)Cc1ccc(C)cc1[N+](=O)[O-]. The molecular weight excluding hydrogens is 226 g/mol. The monoisotopic (exact) mass is 241 g/mol. The minimum Gasteiger partial charge on any atom is -0.258 e. The van der Waals surface area contributed by atoms with Gasteiger partial charge in [-0.05, 0) is 25.3 Å². The topological polar surface area (TPSA) is 43.1 Å². The molecule has 0 aromatic heterocycles. The lowest BCUT2D eigenvalue weighted by Gasteiger charge is -2.08. The molecule has 0 heterocycles. The quantitative estimate of drug-likeness (QED) is 0.446. The Morgan fingerprint density at radius 2 is 2.19 bits per heavy atom. The molecule has 0 spiro atoms. The number of hydrogen-bond donors (Lipinski definition) is 0. The first-order chi connectivity index (χ1) is 7.54. The van der Waals surface area contributed by atoms with Crippen LogP contribution in [0.4, 0.5) is 5.69 Å². The number of halogens is 1. The molecule has 0 fully saturated rings. The molecule has 3 nitrogen and oxygen atoms in total. The van der Waals surface area contributed by atoms with Crippen LogP contribution in [-0.2, 0) is 6.42 Å². The van der Waals surface area contributed by atoms with Gasteiger partial charge >= 0.3 is 0 Å². The number of hydrogen-bond acceptors (Lipinski definition) is 2. The van der Waals surface area contributed by atoms with Crippen LogP contribution < -0.4 is 0 Å². The van der Waals surface area contributed by atoms with Crippen LogP contribution in [0.5, 0.6) is 0 Å². The zero-order valence-electron chi connectivity index (χ0n) is 9.57. The van der Waals surface area contributed by atoms with Gasteiger partial charge in [0.05, 0.1) is 4.92 Å². The summed E-state index contributed by atoms with van der Waals surface area (Å²) in [7, 11) is 0. The van der Waals surface area contributed by atoms with Crippen LogP contribution in [0.1, 0.15) is 30.9 Å². The summed E-state index contributed by atoms with van der Waals surface area (Å²) in [6.45, 7) is 3.90. The predicted molar refractivity (Wildman–Crippen MR) is 66.1 cm³/mol. The van der Waals surface area contributed by atoms with E-state index in [9.17, 15) is 10.1 Å². The summed E-state index contributed by atoms with van der Waals surface area (Å²) in [6.07, 6.45) is 2.44. The number of nitro benzene ring substituents is 1. The Balaban J connectivity index is 2.90. The van der Waals surface area contributed by atoms with E-state index in [1.54, 1.807) is 12.1 Å². The van der Waals surface area contributed by atoms with Gasteiger partial charge in [0, 0.05) is 17.0 Å². The van der Waals surface area contributed by atoms with Crippen molar-refractivity contribution in [1.82, 2.24) is 0 Å². The summed E-state index contributed by atoms with van der Waals surface area (Å²) < 4.78 is 0. The molecule has 1 aromatic carbocycles. The van der Waals surface area contributed by atoms with E-state index in [0.717, 1.165) is 24.0 Å². The first-order valence-corrected chi connectivity index (χ1v) is 5.86. The zero-order valence-corrected chi connectivity index (χ0v) is 10.3. The van der Waals surface area contributed by atoms with Crippen LogP contribution >= 0.6 is 11.6 Å². The summed E-state index contributed by atoms with van der Waals surface area (Å²) >= 11 is 6.11. The third-order valence-electron chi connectivity index (χ3n) is 2.48. The fourth-order valence-corrected chi connectivity index (χ4v) is 2.05. The van der Waals surface area contributed by atoms with Crippen LogP contribution in [-0.4, -0.2) is 10.3 Å². The molecule has 4 heteroatoms. The van der Waals surface area contributed by atoms with E-state index in [4.69, 9.17) is 11.6 Å². The van der Waals surface area contributed by atoms with E-state index < -0.39 is 0 Å². The molecule has 0 aliphatic carbocycles. The van der Waals surface area contributed by atoms with Gasteiger partial charge in [0.15, 0.2) is 0 Å². The molecule has 16 heavy (non-hydrogen) atoms. The first-order valence-electron chi connectivity index (χ1n) is 5.42. The molecule has 0 amide bonds. The number of benzene rings is 1. The number of aryl methyl sites for hydroxylation is 1. The van der Waals surface area contributed by atoms with Gasteiger partial charge in [0.25, 0.3) is 5.69 Å². The number of alkyl halides is 1. The lowest BCUT2D eigenvalue weighted by atomic mass is 10.0. The standard InChI is InChI=1S/C12H16ClNO2/c1-3-4-11(13)8-10-6-5-9(2)7-12(10)14(15)16/h5-7,11H,3-4,8H2,1-2H3. The van der Waals surface area contributed by atoms with E-state index in [2.05, 4.69) is 6.92 Å². The van der Waals surface area contributed by atoms with Crippen molar-refractivity contribution in [1.29, 1.82) is 0 Å². The lowest BCUT2D eigenvalue weighted by molar-refractivity contribution is -0.385. The van der Waals surface area contributed by atoms with E-state index in [0.29, 0.717) is 6.42 Å². The number of rotatable bonds is 5. The maximum absolute atomic E-state index is 10.9. The highest BCUT2D eigenvalue weighted by atomic mass is 35.5. The lowest BCUT2D eigenvalue weighted by Crippen LogP contribution is -2.05. The first kappa shape index (κ1) is 13.0. The van der Waals surface area contributed by atoms with Crippen molar-refractivity contribution >= 4 is 17.3 Å². The van der Waals surface area contributed by atoms with Crippen LogP contribution in [0.25, 0.3) is 0 Å². The highest BCUT2D eigenvalue weighted by molar-refractivity contribution is 6.20. The predicted octanol–water partition coefficient (Wildman–Crippen LogP) is 3.85. The van der Waals surface area contributed by atoms with Gasteiger partial charge in [-0.2, -0.15) is 0 Å². The normalized spacial score (nSPS) is 12.4. The van der Waals surface area contributed by atoms with Crippen LogP contribution in [0.2, 0.25) is 0 Å². The fourth-order valence-electron chi connectivity index (χ4n) is 1.67.